The molecule has 0 bridgehead atoms. The average Bonchev–Trinajstić information content (AvgIpc) is 2.69. The highest BCUT2D eigenvalue weighted by molar-refractivity contribution is 9.10. The van der Waals surface area contributed by atoms with Gasteiger partial charge >= 0.3 is 5.97 Å². The lowest BCUT2D eigenvalue weighted by atomic mass is 9.82. The van der Waals surface area contributed by atoms with E-state index in [0.717, 1.165) is 10.5 Å². The maximum absolute atomic E-state index is 13.9. The molecule has 2 aromatic carbocycles. The van der Waals surface area contributed by atoms with Gasteiger partial charge in [-0.15, -0.1) is 0 Å². The molecule has 1 N–H and O–H groups in total. The third-order valence-electron chi connectivity index (χ3n) is 5.14. The van der Waals surface area contributed by atoms with Gasteiger partial charge in [0, 0.05) is 10.5 Å². The molecule has 1 fully saturated rings. The van der Waals surface area contributed by atoms with E-state index in [9.17, 15) is 14.0 Å². The van der Waals surface area contributed by atoms with Crippen LogP contribution in [0.3, 0.4) is 0 Å². The van der Waals surface area contributed by atoms with E-state index in [0.29, 0.717) is 24.2 Å². The van der Waals surface area contributed by atoms with Crippen molar-refractivity contribution >= 4 is 44.5 Å². The van der Waals surface area contributed by atoms with Crippen molar-refractivity contribution in [1.82, 2.24) is 0 Å². The zero-order valence-corrected chi connectivity index (χ0v) is 18.4. The van der Waals surface area contributed by atoms with Crippen LogP contribution in [0.2, 0.25) is 5.02 Å². The molecule has 162 valence electrons. The van der Waals surface area contributed by atoms with E-state index in [1.165, 1.54) is 12.1 Å². The van der Waals surface area contributed by atoms with E-state index in [1.807, 2.05) is 0 Å². The monoisotopic (exact) mass is 510 g/mol. The Morgan fingerprint density at radius 2 is 2.00 bits per heavy atom. The minimum Gasteiger partial charge on any atom is -0.490 e. The number of halogens is 3. The minimum atomic E-state index is -0.799. The fourth-order valence-corrected chi connectivity index (χ4v) is 3.95. The van der Waals surface area contributed by atoms with Crippen molar-refractivity contribution in [2.75, 3.05) is 13.2 Å². The molecule has 6 nitrogen and oxygen atoms in total. The number of fused-ring (bicyclic) bond motifs is 1. The predicted molar refractivity (Wildman–Crippen MR) is 116 cm³/mol. The molecule has 0 spiro atoms. The maximum atomic E-state index is 13.9. The van der Waals surface area contributed by atoms with Crippen molar-refractivity contribution in [3.8, 4) is 17.1 Å². The number of benzene rings is 2. The van der Waals surface area contributed by atoms with Crippen molar-refractivity contribution in [2.45, 2.75) is 18.9 Å². The molecule has 1 heterocycles. The third-order valence-corrected chi connectivity index (χ3v) is 5.98. The summed E-state index contributed by atoms with van der Waals surface area (Å²) in [7, 11) is 0. The average molecular weight is 512 g/mol. The molecule has 1 aliphatic rings. The van der Waals surface area contributed by atoms with Gasteiger partial charge in [0.2, 0.25) is 0 Å². The summed E-state index contributed by atoms with van der Waals surface area (Å²) in [5.74, 6) is -1.19. The Labute approximate surface area is 189 Å². The molecule has 1 saturated carbocycles. The largest absolute Gasteiger partial charge is 0.490 e. The number of carboxylic acids is 1. The molecule has 9 heteroatoms. The Bertz CT molecular complexity index is 1200. The lowest BCUT2D eigenvalue weighted by Crippen LogP contribution is -2.37. The highest BCUT2D eigenvalue weighted by Gasteiger charge is 2.35. The maximum Gasteiger partial charge on any atom is 0.306 e. The number of carboxylic acid groups (broad SMARTS) is 1. The first-order chi connectivity index (χ1) is 14.8. The molecule has 1 aromatic heterocycles. The summed E-state index contributed by atoms with van der Waals surface area (Å²) in [4.78, 5) is 23.4. The summed E-state index contributed by atoms with van der Waals surface area (Å²) in [6, 6.07) is 8.96. The van der Waals surface area contributed by atoms with Crippen LogP contribution in [0.1, 0.15) is 12.8 Å². The van der Waals surface area contributed by atoms with Crippen LogP contribution in [0.5, 0.6) is 5.75 Å². The van der Waals surface area contributed by atoms with E-state index >= 15 is 0 Å². The van der Waals surface area contributed by atoms with Gasteiger partial charge in [0.25, 0.3) is 0 Å². The van der Waals surface area contributed by atoms with Gasteiger partial charge in [-0.25, -0.2) is 4.39 Å². The van der Waals surface area contributed by atoms with Gasteiger partial charge in [-0.05, 0) is 43.2 Å². The molecule has 0 unspecified atom stereocenters. The van der Waals surface area contributed by atoms with Gasteiger partial charge in [-0.3, -0.25) is 9.59 Å². The molecular formula is C22H17BrClFO6. The zero-order chi connectivity index (χ0) is 22.1. The Kier molecular flexibility index (Phi) is 6.31. The first-order valence-corrected chi connectivity index (χ1v) is 10.7. The minimum absolute atomic E-state index is 0.0311. The Balaban J connectivity index is 1.53. The van der Waals surface area contributed by atoms with E-state index in [4.69, 9.17) is 30.6 Å². The topological polar surface area (TPSA) is 86.0 Å². The molecule has 0 saturated heterocycles. The number of hydrogen-bond donors (Lipinski definition) is 1. The summed E-state index contributed by atoms with van der Waals surface area (Å²) >= 11 is 9.40. The first kappa shape index (κ1) is 21.8. The molecule has 0 amide bonds. The van der Waals surface area contributed by atoms with Crippen LogP contribution in [0.25, 0.3) is 22.3 Å². The molecule has 0 aliphatic heterocycles. The Morgan fingerprint density at radius 3 is 2.74 bits per heavy atom. The third kappa shape index (κ3) is 4.61. The standard InChI is InChI=1S/C22H17BrClFO6/c23-12-1-4-18(30-6-5-29-13-7-11(8-13)22(27)28)15(9-12)19-10-17(26)14-2-3-16(25)20(24)21(14)31-19/h1-4,9-11,13H,5-8H2,(H,27,28)/t11-,13+. The summed E-state index contributed by atoms with van der Waals surface area (Å²) in [5.41, 5.74) is 0.102. The van der Waals surface area contributed by atoms with Crippen LogP contribution in [0.15, 0.2) is 50.1 Å². The smallest absolute Gasteiger partial charge is 0.306 e. The number of ether oxygens (including phenoxy) is 2. The van der Waals surface area contributed by atoms with E-state index in [2.05, 4.69) is 15.9 Å². The van der Waals surface area contributed by atoms with Gasteiger partial charge in [-0.2, -0.15) is 0 Å². The van der Waals surface area contributed by atoms with Crippen molar-refractivity contribution < 1.29 is 28.2 Å². The van der Waals surface area contributed by atoms with Crippen LogP contribution in [0, 0.1) is 11.7 Å². The SMILES string of the molecule is O=c1cc(-c2cc(Br)ccc2OCCO[C@H]2C[C@@H](C(=O)O)C2)oc2c(Cl)c(F)ccc12. The number of carbonyl (C=O) groups is 1. The van der Waals surface area contributed by atoms with Crippen molar-refractivity contribution in [3.05, 3.63) is 61.9 Å². The van der Waals surface area contributed by atoms with Crippen LogP contribution in [-0.4, -0.2) is 30.4 Å². The van der Waals surface area contributed by atoms with Gasteiger partial charge < -0.3 is 19.0 Å². The van der Waals surface area contributed by atoms with Crippen molar-refractivity contribution in [1.29, 1.82) is 0 Å². The van der Waals surface area contributed by atoms with E-state index in [-0.39, 0.29) is 52.4 Å². The lowest BCUT2D eigenvalue weighted by Gasteiger charge is -2.32. The fourth-order valence-electron chi connectivity index (χ4n) is 3.39. The second-order valence-electron chi connectivity index (χ2n) is 7.20. The first-order valence-electron chi connectivity index (χ1n) is 9.52. The summed E-state index contributed by atoms with van der Waals surface area (Å²) in [5, 5.41) is 8.83. The quantitative estimate of drug-likeness (QED) is 0.435. The summed E-state index contributed by atoms with van der Waals surface area (Å²) < 4.78 is 31.8. The van der Waals surface area contributed by atoms with Crippen molar-refractivity contribution in [2.24, 2.45) is 5.92 Å². The highest BCUT2D eigenvalue weighted by Crippen LogP contribution is 2.35. The van der Waals surface area contributed by atoms with Gasteiger partial charge in [0.05, 0.1) is 29.6 Å². The van der Waals surface area contributed by atoms with Crippen LogP contribution in [-0.2, 0) is 9.53 Å². The number of hydrogen-bond acceptors (Lipinski definition) is 5. The molecule has 31 heavy (non-hydrogen) atoms. The molecular weight excluding hydrogens is 495 g/mol. The second kappa shape index (κ2) is 8.98. The van der Waals surface area contributed by atoms with E-state index < -0.39 is 11.8 Å². The van der Waals surface area contributed by atoms with Crippen LogP contribution >= 0.6 is 27.5 Å². The van der Waals surface area contributed by atoms with Crippen molar-refractivity contribution in [3.63, 3.8) is 0 Å². The lowest BCUT2D eigenvalue weighted by molar-refractivity contribution is -0.151. The van der Waals surface area contributed by atoms with Crippen LogP contribution < -0.4 is 10.2 Å². The summed E-state index contributed by atoms with van der Waals surface area (Å²) in [6.45, 7) is 0.501. The fraction of sp³-hybridized carbons (Fsp3) is 0.273. The highest BCUT2D eigenvalue weighted by atomic mass is 79.9. The number of rotatable bonds is 7. The molecule has 0 atom stereocenters. The van der Waals surface area contributed by atoms with Crippen LogP contribution in [0.4, 0.5) is 4.39 Å². The normalized spacial score (nSPS) is 18.0. The second-order valence-corrected chi connectivity index (χ2v) is 8.49. The van der Waals surface area contributed by atoms with Gasteiger partial charge in [-0.1, -0.05) is 27.5 Å². The summed E-state index contributed by atoms with van der Waals surface area (Å²) in [6.07, 6.45) is 0.918. The van der Waals surface area contributed by atoms with Gasteiger partial charge in [0.15, 0.2) is 11.0 Å². The molecule has 3 aromatic rings. The molecule has 1 aliphatic carbocycles. The number of aliphatic carboxylic acids is 1. The Morgan fingerprint density at radius 1 is 1.23 bits per heavy atom. The molecule has 0 radical (unpaired) electrons. The predicted octanol–water partition coefficient (Wildman–Crippen LogP) is 5.27. The molecule has 4 rings (SSSR count). The zero-order valence-electron chi connectivity index (χ0n) is 16.1. The Hall–Kier alpha value is -2.42. The van der Waals surface area contributed by atoms with E-state index in [1.54, 1.807) is 18.2 Å². The van der Waals surface area contributed by atoms with Gasteiger partial charge in [0.1, 0.15) is 29.0 Å².